The van der Waals surface area contributed by atoms with Gasteiger partial charge in [0.25, 0.3) is 0 Å². The lowest BCUT2D eigenvalue weighted by atomic mass is 10.0. The highest BCUT2D eigenvalue weighted by molar-refractivity contribution is 6.15. The number of rotatable bonds is 4. The van der Waals surface area contributed by atoms with Crippen molar-refractivity contribution in [2.75, 3.05) is 0 Å². The molecule has 3 aromatic carbocycles. The molecule has 3 nitrogen and oxygen atoms in total. The van der Waals surface area contributed by atoms with Crippen molar-refractivity contribution in [2.45, 2.75) is 13.5 Å². The third-order valence-electron chi connectivity index (χ3n) is 4.80. The predicted molar refractivity (Wildman–Crippen MR) is 101 cm³/mol. The fraction of sp³-hybridized carbons (Fsp3) is 0.0870. The number of ether oxygens (including phenoxy) is 2. The molecule has 0 unspecified atom stereocenters. The van der Waals surface area contributed by atoms with E-state index in [2.05, 4.69) is 0 Å². The molecule has 0 radical (unpaired) electrons. The van der Waals surface area contributed by atoms with Crippen LogP contribution in [0.1, 0.15) is 27.0 Å². The van der Waals surface area contributed by atoms with Gasteiger partial charge in [0.2, 0.25) is 11.6 Å². The molecule has 0 saturated heterocycles. The van der Waals surface area contributed by atoms with Crippen LogP contribution in [0.4, 0.5) is 26.3 Å². The molecule has 0 fully saturated rings. The van der Waals surface area contributed by atoms with Gasteiger partial charge in [-0.25, -0.2) is 26.3 Å². The van der Waals surface area contributed by atoms with Gasteiger partial charge >= 0.3 is 0 Å². The molecular weight excluding hydrogens is 438 g/mol. The number of carbonyl (C=O) groups excluding carboxylic acids is 1. The Labute approximate surface area is 177 Å². The van der Waals surface area contributed by atoms with Gasteiger partial charge in [-0.2, -0.15) is 0 Å². The zero-order chi connectivity index (χ0) is 23.2. The second kappa shape index (κ2) is 8.07. The molecule has 3 aromatic rings. The molecule has 0 amide bonds. The van der Waals surface area contributed by atoms with Crippen LogP contribution in [0.3, 0.4) is 0 Å². The molecular formula is C23H12F6O3. The molecule has 32 heavy (non-hydrogen) atoms. The summed E-state index contributed by atoms with van der Waals surface area (Å²) in [5.41, 5.74) is 0.0146. The van der Waals surface area contributed by atoms with Crippen molar-refractivity contribution in [3.8, 4) is 11.5 Å². The van der Waals surface area contributed by atoms with Crippen LogP contribution in [0.25, 0.3) is 6.08 Å². The Bertz CT molecular complexity index is 1250. The molecule has 9 heteroatoms. The Balaban J connectivity index is 1.60. The van der Waals surface area contributed by atoms with Gasteiger partial charge in [-0.1, -0.05) is 12.1 Å². The number of hydrogen-bond donors (Lipinski definition) is 0. The minimum atomic E-state index is -2.26. The largest absolute Gasteiger partial charge is 0.489 e. The Morgan fingerprint density at radius 1 is 0.875 bits per heavy atom. The van der Waals surface area contributed by atoms with Crippen molar-refractivity contribution in [1.29, 1.82) is 0 Å². The van der Waals surface area contributed by atoms with Gasteiger partial charge in [0.15, 0.2) is 29.0 Å². The topological polar surface area (TPSA) is 35.5 Å². The Hall–Kier alpha value is -3.75. The summed E-state index contributed by atoms with van der Waals surface area (Å²) in [5.74, 6) is -11.2. The minimum absolute atomic E-state index is 0.0129. The van der Waals surface area contributed by atoms with E-state index in [1.165, 1.54) is 42.5 Å². The van der Waals surface area contributed by atoms with E-state index in [4.69, 9.17) is 9.47 Å². The number of benzene rings is 3. The van der Waals surface area contributed by atoms with Crippen LogP contribution in [-0.2, 0) is 6.61 Å². The summed E-state index contributed by atoms with van der Waals surface area (Å²) < 4.78 is 91.4. The first-order valence-electron chi connectivity index (χ1n) is 9.15. The van der Waals surface area contributed by atoms with Crippen molar-refractivity contribution in [2.24, 2.45) is 0 Å². The van der Waals surface area contributed by atoms with E-state index < -0.39 is 52.9 Å². The number of ketones is 1. The minimum Gasteiger partial charge on any atom is -0.489 e. The van der Waals surface area contributed by atoms with E-state index in [1.807, 2.05) is 0 Å². The van der Waals surface area contributed by atoms with Gasteiger partial charge in [-0.3, -0.25) is 4.79 Å². The summed E-state index contributed by atoms with van der Waals surface area (Å²) in [6.07, 6.45) is 1.41. The number of allylic oxidation sites excluding steroid dienone is 1. The van der Waals surface area contributed by atoms with Crippen molar-refractivity contribution in [1.82, 2.24) is 0 Å². The molecule has 0 spiro atoms. The summed E-state index contributed by atoms with van der Waals surface area (Å²) in [6, 6.07) is 7.97. The fourth-order valence-corrected chi connectivity index (χ4v) is 3.20. The summed E-state index contributed by atoms with van der Waals surface area (Å²) in [6.45, 7) is 0.614. The van der Waals surface area contributed by atoms with Crippen LogP contribution >= 0.6 is 0 Å². The van der Waals surface area contributed by atoms with Crippen LogP contribution in [-0.4, -0.2) is 5.78 Å². The summed E-state index contributed by atoms with van der Waals surface area (Å²) in [5, 5.41) is 0. The molecule has 4 rings (SSSR count). The van der Waals surface area contributed by atoms with E-state index in [1.54, 1.807) is 6.92 Å². The highest BCUT2D eigenvalue weighted by Gasteiger charge is 2.30. The Morgan fingerprint density at radius 3 is 2.09 bits per heavy atom. The molecule has 0 atom stereocenters. The summed E-state index contributed by atoms with van der Waals surface area (Å²) in [7, 11) is 0. The van der Waals surface area contributed by atoms with Crippen molar-refractivity contribution in [3.05, 3.63) is 99.3 Å². The molecule has 1 aliphatic heterocycles. The smallest absolute Gasteiger partial charge is 0.232 e. The maximum absolute atomic E-state index is 13.8. The zero-order valence-electron chi connectivity index (χ0n) is 16.2. The maximum Gasteiger partial charge on any atom is 0.232 e. The normalized spacial score (nSPS) is 14.0. The molecule has 0 aromatic heterocycles. The van der Waals surface area contributed by atoms with Gasteiger partial charge in [0.05, 0.1) is 11.1 Å². The predicted octanol–water partition coefficient (Wildman–Crippen LogP) is 6.02. The lowest BCUT2D eigenvalue weighted by Gasteiger charge is -2.11. The lowest BCUT2D eigenvalue weighted by Crippen LogP contribution is -2.10. The SMILES string of the molecule is Cc1cc(OCc2c(F)c(F)c(F)c(F)c2F)cc2c1C(=O)/C(=C/c1ccc(F)cc1)O2. The lowest BCUT2D eigenvalue weighted by molar-refractivity contribution is 0.101. The van der Waals surface area contributed by atoms with Crippen LogP contribution in [0.15, 0.2) is 42.2 Å². The molecule has 1 heterocycles. The van der Waals surface area contributed by atoms with Gasteiger partial charge < -0.3 is 9.47 Å². The van der Waals surface area contributed by atoms with E-state index >= 15 is 0 Å². The van der Waals surface area contributed by atoms with E-state index in [9.17, 15) is 31.1 Å². The van der Waals surface area contributed by atoms with Crippen molar-refractivity contribution >= 4 is 11.9 Å². The summed E-state index contributed by atoms with van der Waals surface area (Å²) >= 11 is 0. The maximum atomic E-state index is 13.8. The molecule has 1 aliphatic rings. The second-order valence-electron chi connectivity index (χ2n) is 6.94. The average molecular weight is 450 g/mol. The van der Waals surface area contributed by atoms with Crippen LogP contribution in [0.5, 0.6) is 11.5 Å². The first-order valence-corrected chi connectivity index (χ1v) is 9.15. The number of fused-ring (bicyclic) bond motifs is 1. The summed E-state index contributed by atoms with van der Waals surface area (Å²) in [4.78, 5) is 12.6. The number of carbonyl (C=O) groups is 1. The molecule has 0 saturated carbocycles. The second-order valence-corrected chi connectivity index (χ2v) is 6.94. The third kappa shape index (κ3) is 3.70. The van der Waals surface area contributed by atoms with Gasteiger partial charge in [-0.05, 0) is 42.3 Å². The van der Waals surface area contributed by atoms with Crippen LogP contribution in [0, 0.1) is 41.8 Å². The molecule has 0 bridgehead atoms. The fourth-order valence-electron chi connectivity index (χ4n) is 3.20. The monoisotopic (exact) mass is 450 g/mol. The Morgan fingerprint density at radius 2 is 1.47 bits per heavy atom. The number of hydrogen-bond acceptors (Lipinski definition) is 3. The average Bonchev–Trinajstić information content (AvgIpc) is 3.08. The number of halogens is 6. The van der Waals surface area contributed by atoms with Crippen LogP contribution in [0.2, 0.25) is 0 Å². The highest BCUT2D eigenvalue weighted by Crippen LogP contribution is 2.38. The van der Waals surface area contributed by atoms with Crippen molar-refractivity contribution in [3.63, 3.8) is 0 Å². The van der Waals surface area contributed by atoms with Crippen LogP contribution < -0.4 is 9.47 Å². The van der Waals surface area contributed by atoms with Crippen molar-refractivity contribution < 1.29 is 40.6 Å². The molecule has 0 N–H and O–H groups in total. The first-order chi connectivity index (χ1) is 15.2. The first kappa shape index (κ1) is 21.5. The van der Waals surface area contributed by atoms with Gasteiger partial charge in [0, 0.05) is 6.07 Å². The van der Waals surface area contributed by atoms with E-state index in [-0.39, 0.29) is 22.8 Å². The molecule has 164 valence electrons. The number of Topliss-reactive ketones (excluding diaryl/α,β-unsaturated/α-hetero) is 1. The van der Waals surface area contributed by atoms with E-state index in [0.29, 0.717) is 11.1 Å². The van der Waals surface area contributed by atoms with Gasteiger partial charge in [-0.15, -0.1) is 0 Å². The highest BCUT2D eigenvalue weighted by atomic mass is 19.2. The Kier molecular flexibility index (Phi) is 5.41. The van der Waals surface area contributed by atoms with Gasteiger partial charge in [0.1, 0.15) is 23.9 Å². The number of aryl methyl sites for hydroxylation is 1. The standard InChI is InChI=1S/C23H12F6O3/c1-10-6-13(31-9-14-18(25)20(27)22(29)21(28)19(14)26)8-15-17(10)23(30)16(32-15)7-11-2-4-12(24)5-3-11/h2-8H,9H2,1H3/b16-7-. The molecule has 0 aliphatic carbocycles. The third-order valence-corrected chi connectivity index (χ3v) is 4.80. The van der Waals surface area contributed by atoms with E-state index in [0.717, 1.165) is 0 Å². The quantitative estimate of drug-likeness (QED) is 0.211. The zero-order valence-corrected chi connectivity index (χ0v) is 16.2.